The van der Waals surface area contributed by atoms with E-state index in [1.807, 2.05) is 66.7 Å². The average Bonchev–Trinajstić information content (AvgIpc) is 1.64. The molecule has 0 aliphatic heterocycles. The van der Waals surface area contributed by atoms with Crippen LogP contribution in [0, 0.1) is 86.0 Å². The first kappa shape index (κ1) is 49.3. The maximum atomic E-state index is 9.08. The van der Waals surface area contributed by atoms with E-state index >= 15 is 0 Å². The van der Waals surface area contributed by atoms with Crippen LogP contribution in [-0.2, 0) is 50.3 Å². The third kappa shape index (κ3) is 24.4. The molecular formula is C70H70B5Ir2N4O7S-4. The second-order valence-corrected chi connectivity index (χ2v) is 18.6. The molecule has 12 rings (SSSR count). The average molecular weight is 1570 g/mol. The molecule has 0 aliphatic carbocycles. The van der Waals surface area contributed by atoms with Gasteiger partial charge in [0.2, 0.25) is 0 Å². The monoisotopic (exact) mass is 1570 g/mol. The van der Waals surface area contributed by atoms with E-state index < -0.39 is 57.6 Å². The summed E-state index contributed by atoms with van der Waals surface area (Å²) in [4.78, 5) is 16.6. The first-order valence-electron chi connectivity index (χ1n) is 36.1. The largest absolute Gasteiger partial charge is 0.748 e. The first-order valence-corrected chi connectivity index (χ1v) is 26.9. The number of aliphatic hydroxyl groups is 2. The van der Waals surface area contributed by atoms with Gasteiger partial charge in [-0.2, -0.15) is 0 Å². The van der Waals surface area contributed by atoms with Crippen LogP contribution in [-0.4, -0.2) is 100 Å². The SMILES string of the molecule is C.C#C.CO.CO.CS(=O)(=O)[O-].[2H]C([2H])([2H])c1c[c-]c(-c2cc(C)c(C([2H])([2H])[2H])cn2)cc1.[2H]C([2H])([2H])c1c[c-]c(-c2cc(C)c(C([2H])([2H])[2H])cn2)cc1.[2H]c1c(C([2H])([2H])[2H])cnc(-c2[c-]ccc3c2oc2ccccc23)c1[2H].[2H]c1c(C([2H])([2H])[2H])cnc(-c2cccc3c2oc2ccccc23)c1[2H].[B][B]B([B])[B].[Ir].[Ir]. The van der Waals surface area contributed by atoms with Gasteiger partial charge in [0, 0.05) is 169 Å². The Hall–Kier alpha value is -7.47. The van der Waals surface area contributed by atoms with Crippen LogP contribution in [0.25, 0.3) is 88.9 Å². The number of pyridine rings is 4. The second-order valence-electron chi connectivity index (χ2n) is 17.2. The summed E-state index contributed by atoms with van der Waals surface area (Å²) in [6.07, 6.45) is 13.1. The van der Waals surface area contributed by atoms with Crippen molar-refractivity contribution in [3.63, 3.8) is 0 Å². The summed E-state index contributed by atoms with van der Waals surface area (Å²) in [6.45, 7) is -10.2. The number of aromatic nitrogens is 4. The number of benzene rings is 6. The van der Waals surface area contributed by atoms with Crippen LogP contribution in [0.2, 0.25) is 0 Å². The molecular weight excluding hydrogens is 1480 g/mol. The molecule has 455 valence electrons. The van der Waals surface area contributed by atoms with Crippen LogP contribution in [0.1, 0.15) is 82.1 Å². The van der Waals surface area contributed by atoms with Crippen LogP contribution < -0.4 is 0 Å². The smallest absolute Gasteiger partial charge is 0.144 e. The summed E-state index contributed by atoms with van der Waals surface area (Å²) in [6, 6.07) is 44.3. The predicted molar refractivity (Wildman–Crippen MR) is 365 cm³/mol. The van der Waals surface area contributed by atoms with Crippen LogP contribution in [0.3, 0.4) is 0 Å². The summed E-state index contributed by atoms with van der Waals surface area (Å²) in [5, 5.41) is 17.6. The molecule has 6 heterocycles. The summed E-state index contributed by atoms with van der Waals surface area (Å²) >= 11 is 0. The third-order valence-corrected chi connectivity index (χ3v) is 11.1. The van der Waals surface area contributed by atoms with Crippen molar-refractivity contribution >= 4 is 90.7 Å². The Kier molecular flexibility index (Phi) is 22.3. The number of furan rings is 2. The molecule has 0 saturated carbocycles. The number of aliphatic hydroxyl groups excluding tert-OH is 2. The van der Waals surface area contributed by atoms with E-state index in [2.05, 4.69) is 51.0 Å². The minimum Gasteiger partial charge on any atom is -0.748 e. The zero-order valence-corrected chi connectivity index (χ0v) is 53.4. The fourth-order valence-electron chi connectivity index (χ4n) is 7.28. The minimum absolute atomic E-state index is 0. The Labute approximate surface area is 589 Å². The van der Waals surface area contributed by atoms with E-state index in [4.69, 9.17) is 85.4 Å². The zero-order chi connectivity index (χ0) is 82.0. The molecule has 0 unspecified atom stereocenters. The molecule has 0 aliphatic rings. The number of hydrogen-bond acceptors (Lipinski definition) is 11. The summed E-state index contributed by atoms with van der Waals surface area (Å²) < 4.78 is 205. The van der Waals surface area contributed by atoms with Crippen LogP contribution in [0.4, 0.5) is 0 Å². The Morgan fingerprint density at radius 1 is 0.562 bits per heavy atom. The molecule has 9 radical (unpaired) electrons. The molecule has 0 amide bonds. The van der Waals surface area contributed by atoms with Crippen molar-refractivity contribution in [1.29, 1.82) is 0 Å². The second kappa shape index (κ2) is 40.2. The molecule has 12 aromatic rings. The fraction of sp³-hybridized carbons (Fsp3) is 0.171. The normalized spacial score (nSPS) is 14.2. The van der Waals surface area contributed by atoms with Gasteiger partial charge in [0.25, 0.3) is 0 Å². The summed E-state index contributed by atoms with van der Waals surface area (Å²) in [5.74, 6) is 0. The Morgan fingerprint density at radius 2 is 0.978 bits per heavy atom. The molecule has 0 atom stereocenters. The maximum Gasteiger partial charge on any atom is 0.144 e. The van der Waals surface area contributed by atoms with Crippen LogP contribution >= 0.6 is 0 Å². The van der Waals surface area contributed by atoms with Gasteiger partial charge >= 0.3 is 0 Å². The first-order chi connectivity index (χ1) is 50.2. The van der Waals surface area contributed by atoms with Gasteiger partial charge in [-0.25, -0.2) is 8.42 Å². The molecule has 6 aromatic carbocycles. The van der Waals surface area contributed by atoms with Gasteiger partial charge in [-0.1, -0.05) is 122 Å². The molecule has 19 heteroatoms. The topological polar surface area (TPSA) is 175 Å². The molecule has 11 nitrogen and oxygen atoms in total. The van der Waals surface area contributed by atoms with Crippen molar-refractivity contribution in [2.45, 2.75) is 62.4 Å². The van der Waals surface area contributed by atoms with Crippen molar-refractivity contribution in [1.82, 2.24) is 19.9 Å². The van der Waals surface area contributed by atoms with Gasteiger partial charge in [-0.15, -0.1) is 102 Å². The van der Waals surface area contributed by atoms with Crippen molar-refractivity contribution in [3.8, 4) is 57.9 Å². The molecule has 0 bridgehead atoms. The number of rotatable bonds is 5. The summed E-state index contributed by atoms with van der Waals surface area (Å²) in [7, 11) is 13.9. The van der Waals surface area contributed by atoms with Crippen molar-refractivity contribution in [2.24, 2.45) is 0 Å². The standard InChI is InChI=1S/C18H13NO.C18H12NO.2C14H14N.C2H2.CH4O3S.2CH4O.CH4.B5.2Ir/c2*1-12-9-10-16(19-11-12)15-7-4-6-14-13-5-2-3-8-17(13)20-18(14)15;2*1-10-4-6-13(7-5-10)14-8-11(2)12(3)9-15-14;1-2;1-5(2,3)4;2*1-2;;1-4-5(2)3;;/h2-11H,1H3;2-6,8-11H,1H3;2*4-6,8-9H,1-3H3;1-2H;1H3,(H,2,3,4);2*2H,1H3;1H4;;;/q;3*-1;;;;;;;;/p-1/i2*1D3,9D,10D;2*1D3,3D3;;;;;;;;. The quantitative estimate of drug-likeness (QED) is 0.0726. The number of fused-ring (bicyclic) bond motifs is 6. The predicted octanol–water partition coefficient (Wildman–Crippen LogP) is 14.0. The van der Waals surface area contributed by atoms with Gasteiger partial charge in [0.1, 0.15) is 16.7 Å². The molecule has 0 saturated heterocycles. The van der Waals surface area contributed by atoms with Gasteiger partial charge in [0.15, 0.2) is 0 Å². The number of aryl methyl sites for hydroxylation is 8. The zero-order valence-electron chi connectivity index (χ0n) is 69.8. The van der Waals surface area contributed by atoms with E-state index in [-0.39, 0.29) is 117 Å². The van der Waals surface area contributed by atoms with Crippen molar-refractivity contribution in [3.05, 3.63) is 239 Å². The Morgan fingerprint density at radius 3 is 1.40 bits per heavy atom. The van der Waals surface area contributed by atoms with Crippen LogP contribution in [0.15, 0.2) is 185 Å². The number of hydrogen-bond donors (Lipinski definition) is 2. The van der Waals surface area contributed by atoms with Crippen LogP contribution in [0.5, 0.6) is 0 Å². The Bertz CT molecular complexity index is 4840. The summed E-state index contributed by atoms with van der Waals surface area (Å²) in [5.41, 5.74) is 7.98. The van der Waals surface area contributed by atoms with E-state index in [0.717, 1.165) is 53.7 Å². The number of terminal acetylenes is 1. The van der Waals surface area contributed by atoms with Gasteiger partial charge < -0.3 is 38.6 Å². The van der Waals surface area contributed by atoms with Gasteiger partial charge in [-0.05, 0) is 105 Å². The van der Waals surface area contributed by atoms with E-state index in [9.17, 15) is 0 Å². The van der Waals surface area contributed by atoms with Crippen molar-refractivity contribution < 1.29 is 102 Å². The molecule has 6 aromatic heterocycles. The number of para-hydroxylation sites is 3. The van der Waals surface area contributed by atoms with E-state index in [0.29, 0.717) is 67.8 Å². The fourth-order valence-corrected chi connectivity index (χ4v) is 7.28. The van der Waals surface area contributed by atoms with Crippen molar-refractivity contribution in [2.75, 3.05) is 20.5 Å². The van der Waals surface area contributed by atoms with E-state index in [1.54, 1.807) is 50.2 Å². The van der Waals surface area contributed by atoms with Gasteiger partial charge in [0.05, 0.1) is 26.9 Å². The molecule has 0 spiro atoms. The van der Waals surface area contributed by atoms with Gasteiger partial charge in [-0.3, -0.25) is 4.98 Å². The maximum absolute atomic E-state index is 9.08. The minimum atomic E-state index is -3.92. The molecule has 89 heavy (non-hydrogen) atoms. The Balaban J connectivity index is 0.000000690. The molecule has 0 fully saturated rings. The van der Waals surface area contributed by atoms with E-state index in [1.165, 1.54) is 43.7 Å². The third-order valence-electron chi connectivity index (χ3n) is 11.1. The number of nitrogens with zero attached hydrogens (tertiary/aromatic N) is 4. The molecule has 2 N–H and O–H groups in total.